The van der Waals surface area contributed by atoms with Crippen LogP contribution in [0, 0.1) is 29.1 Å². The van der Waals surface area contributed by atoms with Crippen molar-refractivity contribution in [2.24, 2.45) is 29.1 Å². The first-order valence-corrected chi connectivity index (χ1v) is 10.3. The molecular formula is C25H26O3. The Hall–Kier alpha value is -2.26. The highest BCUT2D eigenvalue weighted by molar-refractivity contribution is 6.14. The third-order valence-electron chi connectivity index (χ3n) is 7.73. The number of hydrogen-bond donors (Lipinski definition) is 0. The summed E-state index contributed by atoms with van der Waals surface area (Å²) < 4.78 is 6.40. The molecular weight excluding hydrogens is 348 g/mol. The quantitative estimate of drug-likeness (QED) is 0.722. The first-order valence-electron chi connectivity index (χ1n) is 10.3. The van der Waals surface area contributed by atoms with Gasteiger partial charge in [0.15, 0.2) is 11.6 Å². The van der Waals surface area contributed by atoms with E-state index in [2.05, 4.69) is 38.1 Å². The lowest BCUT2D eigenvalue weighted by atomic mass is 9.63. The van der Waals surface area contributed by atoms with Crippen LogP contribution in [0.3, 0.4) is 0 Å². The predicted octanol–water partition coefficient (Wildman–Crippen LogP) is 4.59. The van der Waals surface area contributed by atoms with Crippen LogP contribution in [-0.4, -0.2) is 17.7 Å². The third kappa shape index (κ3) is 2.14. The van der Waals surface area contributed by atoms with Crippen LogP contribution in [0.1, 0.15) is 43.9 Å². The summed E-state index contributed by atoms with van der Waals surface area (Å²) >= 11 is 0. The zero-order chi connectivity index (χ0) is 19.6. The lowest BCUT2D eigenvalue weighted by molar-refractivity contribution is -0.154. The first-order chi connectivity index (χ1) is 13.5. The predicted molar refractivity (Wildman–Crippen MR) is 107 cm³/mol. The Morgan fingerprint density at radius 1 is 0.750 bits per heavy atom. The van der Waals surface area contributed by atoms with Gasteiger partial charge >= 0.3 is 0 Å². The summed E-state index contributed by atoms with van der Waals surface area (Å²) in [7, 11) is 0. The summed E-state index contributed by atoms with van der Waals surface area (Å²) in [4.78, 5) is 27.3. The zero-order valence-corrected chi connectivity index (χ0v) is 16.5. The van der Waals surface area contributed by atoms with Gasteiger partial charge in [-0.2, -0.15) is 0 Å². The molecule has 2 aromatic rings. The Bertz CT molecular complexity index is 921. The normalized spacial score (nSPS) is 41.9. The molecule has 2 unspecified atom stereocenters. The summed E-state index contributed by atoms with van der Waals surface area (Å²) in [6.07, 6.45) is -0.609. The minimum Gasteiger partial charge on any atom is -0.362 e. The molecule has 2 aliphatic carbocycles. The van der Waals surface area contributed by atoms with Crippen LogP contribution in [0.5, 0.6) is 0 Å². The number of rotatable bonds is 2. The fourth-order valence-electron chi connectivity index (χ4n) is 6.49. The van der Waals surface area contributed by atoms with Gasteiger partial charge < -0.3 is 4.74 Å². The second-order valence-corrected chi connectivity index (χ2v) is 9.03. The standard InChI is InChI=1S/C25H26O3/c1-14-19-18-15(2)21(17-12-8-5-9-13-17)28-22(18)24(27)25(3,23(19)26)20(14)16-10-6-4-7-11-16/h4-15,18-22H,1-3H3/t14-,15-,18?,19+,20-,21-,22?,25+/m0/s1. The van der Waals surface area contributed by atoms with Crippen LogP contribution in [0.15, 0.2) is 60.7 Å². The molecule has 28 heavy (non-hydrogen) atoms. The molecule has 0 N–H and O–H groups in total. The van der Waals surface area contributed by atoms with E-state index in [0.717, 1.165) is 11.1 Å². The number of Topliss-reactive ketones (excluding diaryl/α,β-unsaturated/α-hetero) is 2. The number of hydrogen-bond acceptors (Lipinski definition) is 3. The Kier molecular flexibility index (Phi) is 3.89. The Labute approximate surface area is 166 Å². The van der Waals surface area contributed by atoms with Crippen LogP contribution in [0.2, 0.25) is 0 Å². The fraction of sp³-hybridized carbons (Fsp3) is 0.440. The minimum atomic E-state index is -0.988. The molecule has 0 radical (unpaired) electrons. The second-order valence-electron chi connectivity index (χ2n) is 9.03. The Morgan fingerprint density at radius 2 is 1.32 bits per heavy atom. The van der Waals surface area contributed by atoms with Crippen molar-refractivity contribution in [3.05, 3.63) is 71.8 Å². The third-order valence-corrected chi connectivity index (χ3v) is 7.73. The number of carbonyl (C=O) groups is 2. The fourth-order valence-corrected chi connectivity index (χ4v) is 6.49. The molecule has 3 aliphatic rings. The number of ether oxygens (including phenoxy) is 1. The van der Waals surface area contributed by atoms with E-state index in [1.807, 2.05) is 43.3 Å². The van der Waals surface area contributed by atoms with Gasteiger partial charge in [-0.3, -0.25) is 9.59 Å². The van der Waals surface area contributed by atoms with Crippen molar-refractivity contribution in [2.45, 2.75) is 38.9 Å². The van der Waals surface area contributed by atoms with E-state index in [4.69, 9.17) is 4.74 Å². The maximum atomic E-state index is 13.7. The average Bonchev–Trinajstić information content (AvgIpc) is 3.12. The lowest BCUT2D eigenvalue weighted by Gasteiger charge is -2.36. The molecule has 2 aromatic carbocycles. The van der Waals surface area contributed by atoms with Gasteiger partial charge in [-0.1, -0.05) is 74.5 Å². The molecule has 5 rings (SSSR count). The van der Waals surface area contributed by atoms with Gasteiger partial charge in [0.25, 0.3) is 0 Å². The van der Waals surface area contributed by atoms with Gasteiger partial charge in [0.05, 0.1) is 11.5 Å². The van der Waals surface area contributed by atoms with Crippen molar-refractivity contribution < 1.29 is 14.3 Å². The van der Waals surface area contributed by atoms with E-state index >= 15 is 0 Å². The average molecular weight is 374 g/mol. The molecule has 8 atom stereocenters. The van der Waals surface area contributed by atoms with Gasteiger partial charge in [0, 0.05) is 17.8 Å². The number of carbonyl (C=O) groups excluding carboxylic acids is 2. The smallest absolute Gasteiger partial charge is 0.175 e. The zero-order valence-electron chi connectivity index (χ0n) is 16.5. The lowest BCUT2D eigenvalue weighted by Crippen LogP contribution is -2.52. The van der Waals surface area contributed by atoms with Crippen molar-refractivity contribution in [1.82, 2.24) is 0 Å². The molecule has 3 nitrogen and oxygen atoms in total. The van der Waals surface area contributed by atoms with Crippen molar-refractivity contribution in [3.63, 3.8) is 0 Å². The minimum absolute atomic E-state index is 0.0118. The summed E-state index contributed by atoms with van der Waals surface area (Å²) in [5.41, 5.74) is 1.20. The van der Waals surface area contributed by atoms with Crippen LogP contribution in [-0.2, 0) is 14.3 Å². The molecule has 0 amide bonds. The highest BCUT2D eigenvalue weighted by atomic mass is 16.5. The summed E-state index contributed by atoms with van der Waals surface area (Å²) in [6, 6.07) is 20.2. The van der Waals surface area contributed by atoms with Crippen molar-refractivity contribution in [2.75, 3.05) is 0 Å². The summed E-state index contributed by atoms with van der Waals surface area (Å²) in [6.45, 7) is 6.17. The molecule has 1 aliphatic heterocycles. The molecule has 2 saturated carbocycles. The molecule has 1 heterocycles. The van der Waals surface area contributed by atoms with Gasteiger partial charge in [0.1, 0.15) is 6.10 Å². The maximum Gasteiger partial charge on any atom is 0.175 e. The van der Waals surface area contributed by atoms with Gasteiger partial charge in [-0.25, -0.2) is 0 Å². The van der Waals surface area contributed by atoms with Crippen LogP contribution >= 0.6 is 0 Å². The molecule has 0 spiro atoms. The van der Waals surface area contributed by atoms with E-state index < -0.39 is 11.5 Å². The molecule has 3 heteroatoms. The van der Waals surface area contributed by atoms with Gasteiger partial charge in [0.2, 0.25) is 0 Å². The van der Waals surface area contributed by atoms with Crippen molar-refractivity contribution >= 4 is 11.6 Å². The SMILES string of the molecule is C[C@@H]1[C@@H](c2ccccc2)[C@@]2(C)C(=O)C3O[C@H](c4ccccc4)[C@@H](C)C3[C@@H]1C2=O. The van der Waals surface area contributed by atoms with Crippen LogP contribution < -0.4 is 0 Å². The van der Waals surface area contributed by atoms with E-state index in [0.29, 0.717) is 0 Å². The van der Waals surface area contributed by atoms with Crippen LogP contribution in [0.25, 0.3) is 0 Å². The Balaban J connectivity index is 1.59. The molecule has 1 saturated heterocycles. The van der Waals surface area contributed by atoms with Gasteiger partial charge in [-0.15, -0.1) is 0 Å². The topological polar surface area (TPSA) is 43.4 Å². The van der Waals surface area contributed by atoms with E-state index in [-0.39, 0.29) is 47.3 Å². The molecule has 2 bridgehead atoms. The highest BCUT2D eigenvalue weighted by Gasteiger charge is 2.71. The number of benzene rings is 2. The van der Waals surface area contributed by atoms with E-state index in [1.54, 1.807) is 0 Å². The van der Waals surface area contributed by atoms with Crippen molar-refractivity contribution in [3.8, 4) is 0 Å². The largest absolute Gasteiger partial charge is 0.362 e. The molecule has 3 fully saturated rings. The van der Waals surface area contributed by atoms with Crippen LogP contribution in [0.4, 0.5) is 0 Å². The maximum absolute atomic E-state index is 13.7. The molecule has 144 valence electrons. The highest BCUT2D eigenvalue weighted by Crippen LogP contribution is 2.64. The van der Waals surface area contributed by atoms with Gasteiger partial charge in [-0.05, 0) is 29.9 Å². The van der Waals surface area contributed by atoms with E-state index in [1.165, 1.54) is 0 Å². The van der Waals surface area contributed by atoms with Crippen molar-refractivity contribution in [1.29, 1.82) is 0 Å². The summed E-state index contributed by atoms with van der Waals surface area (Å²) in [5.74, 6) is 0.136. The summed E-state index contributed by atoms with van der Waals surface area (Å²) in [5, 5.41) is 0. The number of ketones is 2. The van der Waals surface area contributed by atoms with E-state index in [9.17, 15) is 9.59 Å². The Morgan fingerprint density at radius 3 is 1.93 bits per heavy atom. The second kappa shape index (κ2) is 6.12. The molecule has 0 aromatic heterocycles. The first kappa shape index (κ1) is 17.8. The monoisotopic (exact) mass is 374 g/mol. The number of fused-ring (bicyclic) bond motifs is 4.